The topological polar surface area (TPSA) is 46.0 Å². The Morgan fingerprint density at radius 2 is 2.19 bits per heavy atom. The first kappa shape index (κ1) is 13.1. The van der Waals surface area contributed by atoms with Gasteiger partial charge >= 0.3 is 0 Å². The van der Waals surface area contributed by atoms with Gasteiger partial charge in [0.05, 0.1) is 6.54 Å². The number of likely N-dealkylation sites (N-methyl/N-ethyl adjacent to an activating group) is 1. The van der Waals surface area contributed by atoms with Crippen LogP contribution in [0, 0.1) is 5.92 Å². The zero-order valence-electron chi connectivity index (χ0n) is 10.6. The van der Waals surface area contributed by atoms with Crippen LogP contribution in [-0.2, 0) is 6.54 Å². The molecular weight excluding hydrogens is 202 g/mol. The minimum atomic E-state index is 0.723. The molecule has 0 aliphatic rings. The molecule has 1 aromatic heterocycles. The molecule has 0 radical (unpaired) electrons. The minimum absolute atomic E-state index is 0.723. The van der Waals surface area contributed by atoms with E-state index in [9.17, 15) is 0 Å². The third-order valence-electron chi connectivity index (χ3n) is 2.40. The first-order valence-electron chi connectivity index (χ1n) is 5.90. The van der Waals surface area contributed by atoms with Gasteiger partial charge in [-0.15, -0.1) is 0 Å². The molecule has 0 bridgehead atoms. The van der Waals surface area contributed by atoms with E-state index in [1.54, 1.807) is 12.7 Å². The van der Waals surface area contributed by atoms with Crippen LogP contribution >= 0.6 is 0 Å². The van der Waals surface area contributed by atoms with Crippen molar-refractivity contribution >= 4 is 0 Å². The van der Waals surface area contributed by atoms with E-state index in [2.05, 4.69) is 41.2 Å². The second kappa shape index (κ2) is 7.35. The maximum Gasteiger partial charge on any atom is 0.137 e. The van der Waals surface area contributed by atoms with E-state index in [1.165, 1.54) is 0 Å². The predicted molar refractivity (Wildman–Crippen MR) is 65.2 cm³/mol. The fourth-order valence-electron chi connectivity index (χ4n) is 1.39. The summed E-state index contributed by atoms with van der Waals surface area (Å²) in [4.78, 5) is 6.22. The first-order chi connectivity index (χ1) is 7.68. The lowest BCUT2D eigenvalue weighted by atomic mass is 10.2. The van der Waals surface area contributed by atoms with Crippen LogP contribution in [-0.4, -0.2) is 52.9 Å². The molecule has 0 saturated heterocycles. The average molecular weight is 225 g/mol. The van der Waals surface area contributed by atoms with Crippen LogP contribution in [0.3, 0.4) is 0 Å². The summed E-state index contributed by atoms with van der Waals surface area (Å²) in [6.07, 6.45) is 3.33. The highest BCUT2D eigenvalue weighted by Crippen LogP contribution is 1.88. The number of nitrogens with zero attached hydrogens (tertiary/aromatic N) is 4. The molecule has 16 heavy (non-hydrogen) atoms. The highest BCUT2D eigenvalue weighted by molar-refractivity contribution is 4.60. The quantitative estimate of drug-likeness (QED) is 0.653. The van der Waals surface area contributed by atoms with E-state index in [4.69, 9.17) is 0 Å². The molecule has 0 atom stereocenters. The first-order valence-corrected chi connectivity index (χ1v) is 5.90. The number of aromatic nitrogens is 3. The summed E-state index contributed by atoms with van der Waals surface area (Å²) >= 11 is 0. The van der Waals surface area contributed by atoms with E-state index < -0.39 is 0 Å². The van der Waals surface area contributed by atoms with Gasteiger partial charge in [-0.1, -0.05) is 13.8 Å². The van der Waals surface area contributed by atoms with E-state index in [-0.39, 0.29) is 0 Å². The molecule has 92 valence electrons. The van der Waals surface area contributed by atoms with Crippen molar-refractivity contribution in [3.05, 3.63) is 12.7 Å². The van der Waals surface area contributed by atoms with E-state index in [0.717, 1.165) is 38.6 Å². The summed E-state index contributed by atoms with van der Waals surface area (Å²) in [7, 11) is 2.13. The Hall–Kier alpha value is -0.940. The summed E-state index contributed by atoms with van der Waals surface area (Å²) in [5, 5.41) is 7.50. The van der Waals surface area contributed by atoms with Gasteiger partial charge in [-0.05, 0) is 19.5 Å². The van der Waals surface area contributed by atoms with Gasteiger partial charge in [-0.3, -0.25) is 4.68 Å². The number of hydrogen-bond donors (Lipinski definition) is 1. The lowest BCUT2D eigenvalue weighted by Gasteiger charge is -2.17. The summed E-state index contributed by atoms with van der Waals surface area (Å²) < 4.78 is 1.86. The minimum Gasteiger partial charge on any atom is -0.315 e. The second-order valence-corrected chi connectivity index (χ2v) is 4.56. The van der Waals surface area contributed by atoms with E-state index >= 15 is 0 Å². The largest absolute Gasteiger partial charge is 0.315 e. The molecule has 0 saturated carbocycles. The van der Waals surface area contributed by atoms with Crippen LogP contribution in [0.2, 0.25) is 0 Å². The number of rotatable bonds is 8. The lowest BCUT2D eigenvalue weighted by molar-refractivity contribution is 0.308. The van der Waals surface area contributed by atoms with Crippen LogP contribution in [0.1, 0.15) is 13.8 Å². The molecule has 0 aromatic carbocycles. The Morgan fingerprint density at radius 3 is 2.81 bits per heavy atom. The Morgan fingerprint density at radius 1 is 1.38 bits per heavy atom. The van der Waals surface area contributed by atoms with Gasteiger partial charge < -0.3 is 10.2 Å². The molecule has 5 heteroatoms. The maximum atomic E-state index is 4.07. The maximum absolute atomic E-state index is 4.07. The molecule has 0 fully saturated rings. The highest BCUT2D eigenvalue weighted by atomic mass is 15.3. The predicted octanol–water partition coefficient (Wildman–Crippen LogP) is 0.456. The van der Waals surface area contributed by atoms with E-state index in [0.29, 0.717) is 0 Å². The molecule has 0 unspecified atom stereocenters. The van der Waals surface area contributed by atoms with Crippen LogP contribution in [0.25, 0.3) is 0 Å². The van der Waals surface area contributed by atoms with Crippen molar-refractivity contribution < 1.29 is 0 Å². The van der Waals surface area contributed by atoms with Crippen LogP contribution in [0.5, 0.6) is 0 Å². The molecule has 1 heterocycles. The van der Waals surface area contributed by atoms with Gasteiger partial charge in [-0.25, -0.2) is 4.98 Å². The van der Waals surface area contributed by atoms with Gasteiger partial charge in [0.15, 0.2) is 0 Å². The van der Waals surface area contributed by atoms with Crippen molar-refractivity contribution in [2.24, 2.45) is 5.92 Å². The zero-order valence-corrected chi connectivity index (χ0v) is 10.6. The SMILES string of the molecule is CC(C)CNCCN(C)CCn1cncn1. The van der Waals surface area contributed by atoms with Gasteiger partial charge in [-0.2, -0.15) is 5.10 Å². The van der Waals surface area contributed by atoms with Crippen molar-refractivity contribution in [3.63, 3.8) is 0 Å². The Kier molecular flexibility index (Phi) is 6.03. The van der Waals surface area contributed by atoms with Crippen LogP contribution < -0.4 is 5.32 Å². The van der Waals surface area contributed by atoms with Crippen molar-refractivity contribution in [2.75, 3.05) is 33.2 Å². The molecule has 0 amide bonds. The molecule has 1 N–H and O–H groups in total. The molecular formula is C11H23N5. The number of hydrogen-bond acceptors (Lipinski definition) is 4. The summed E-state index contributed by atoms with van der Waals surface area (Å²) in [5.41, 5.74) is 0. The standard InChI is InChI=1S/C11H23N5/c1-11(2)8-12-4-5-15(3)6-7-16-10-13-9-14-16/h9-12H,4-8H2,1-3H3. The van der Waals surface area contributed by atoms with Gasteiger partial charge in [0.2, 0.25) is 0 Å². The van der Waals surface area contributed by atoms with Gasteiger partial charge in [0, 0.05) is 19.6 Å². The molecule has 5 nitrogen and oxygen atoms in total. The monoisotopic (exact) mass is 225 g/mol. The van der Waals surface area contributed by atoms with Crippen LogP contribution in [0.4, 0.5) is 0 Å². The Labute approximate surface area is 97.9 Å². The van der Waals surface area contributed by atoms with Crippen molar-refractivity contribution in [1.82, 2.24) is 25.0 Å². The van der Waals surface area contributed by atoms with E-state index in [1.807, 2.05) is 4.68 Å². The van der Waals surface area contributed by atoms with Crippen molar-refractivity contribution in [2.45, 2.75) is 20.4 Å². The Balaban J connectivity index is 2.00. The Bertz CT molecular complexity index is 257. The fourth-order valence-corrected chi connectivity index (χ4v) is 1.39. The highest BCUT2D eigenvalue weighted by Gasteiger charge is 1.99. The number of nitrogens with one attached hydrogen (secondary N) is 1. The molecule has 0 aliphatic heterocycles. The third kappa shape index (κ3) is 5.82. The summed E-state index contributed by atoms with van der Waals surface area (Å²) in [6, 6.07) is 0. The van der Waals surface area contributed by atoms with Crippen molar-refractivity contribution in [3.8, 4) is 0 Å². The molecule has 0 aliphatic carbocycles. The molecule has 1 aromatic rings. The van der Waals surface area contributed by atoms with Gasteiger partial charge in [0.1, 0.15) is 12.7 Å². The van der Waals surface area contributed by atoms with Crippen LogP contribution in [0.15, 0.2) is 12.7 Å². The molecule has 1 rings (SSSR count). The summed E-state index contributed by atoms with van der Waals surface area (Å²) in [5.74, 6) is 0.723. The smallest absolute Gasteiger partial charge is 0.137 e. The van der Waals surface area contributed by atoms with Gasteiger partial charge in [0.25, 0.3) is 0 Å². The molecule has 0 spiro atoms. The fraction of sp³-hybridized carbons (Fsp3) is 0.818. The third-order valence-corrected chi connectivity index (χ3v) is 2.40. The average Bonchev–Trinajstić information content (AvgIpc) is 2.74. The normalized spacial score (nSPS) is 11.6. The summed E-state index contributed by atoms with van der Waals surface area (Å²) in [6.45, 7) is 9.57. The van der Waals surface area contributed by atoms with Crippen molar-refractivity contribution in [1.29, 1.82) is 0 Å². The zero-order chi connectivity index (χ0) is 11.8. The second-order valence-electron chi connectivity index (χ2n) is 4.56. The lowest BCUT2D eigenvalue weighted by Crippen LogP contribution is -2.32.